The van der Waals surface area contributed by atoms with Crippen molar-refractivity contribution in [1.82, 2.24) is 14.8 Å². The molecule has 2 aromatic carbocycles. The second-order valence-electron chi connectivity index (χ2n) is 8.13. The first-order chi connectivity index (χ1) is 14.5. The number of nitrogens with zero attached hydrogens (tertiary/aromatic N) is 2. The third kappa shape index (κ3) is 5.00. The molecule has 0 saturated carbocycles. The third-order valence-corrected chi connectivity index (χ3v) is 6.37. The van der Waals surface area contributed by atoms with E-state index in [0.29, 0.717) is 23.2 Å². The van der Waals surface area contributed by atoms with Crippen molar-refractivity contribution >= 4 is 40.0 Å². The Hall–Kier alpha value is -2.01. The fourth-order valence-electron chi connectivity index (χ4n) is 4.35. The number of benzene rings is 2. The first kappa shape index (κ1) is 21.2. The number of likely N-dealkylation sites (tertiary alicyclic amines) is 1. The van der Waals surface area contributed by atoms with Gasteiger partial charge >= 0.3 is 0 Å². The van der Waals surface area contributed by atoms with Crippen molar-refractivity contribution < 1.29 is 4.79 Å². The molecule has 1 atom stereocenters. The molecule has 1 amide bonds. The first-order valence-electron chi connectivity index (χ1n) is 10.6. The van der Waals surface area contributed by atoms with Crippen molar-refractivity contribution in [2.45, 2.75) is 26.3 Å². The number of carbonyl (C=O) groups is 1. The van der Waals surface area contributed by atoms with Gasteiger partial charge in [0.15, 0.2) is 0 Å². The molecule has 1 aromatic heterocycles. The van der Waals surface area contributed by atoms with Crippen molar-refractivity contribution in [3.63, 3.8) is 0 Å². The van der Waals surface area contributed by atoms with Crippen LogP contribution in [0.2, 0.25) is 10.0 Å². The SMILES string of the molecule is CCN(CC1CCCN(Cc2ccc(Cl)cc2)C1)C(=O)c1cc2cc(Cl)ccc2[nH]1. The fraction of sp³-hybridized carbons (Fsp3) is 0.375. The Morgan fingerprint density at radius 1 is 1.13 bits per heavy atom. The number of aromatic amines is 1. The van der Waals surface area contributed by atoms with Crippen molar-refractivity contribution in [1.29, 1.82) is 0 Å². The number of nitrogens with one attached hydrogen (secondary N) is 1. The van der Waals surface area contributed by atoms with Gasteiger partial charge in [0, 0.05) is 47.1 Å². The summed E-state index contributed by atoms with van der Waals surface area (Å²) < 4.78 is 0. The number of amides is 1. The summed E-state index contributed by atoms with van der Waals surface area (Å²) in [6, 6.07) is 15.6. The maximum absolute atomic E-state index is 13.1. The van der Waals surface area contributed by atoms with E-state index in [0.717, 1.165) is 54.9 Å². The molecule has 1 unspecified atom stereocenters. The quantitative estimate of drug-likeness (QED) is 0.518. The zero-order chi connectivity index (χ0) is 21.1. The molecule has 4 rings (SSSR count). The minimum atomic E-state index is 0.0552. The lowest BCUT2D eigenvalue weighted by Crippen LogP contribution is -2.42. The largest absolute Gasteiger partial charge is 0.351 e. The number of carbonyl (C=O) groups excluding carboxylic acids is 1. The molecule has 158 valence electrons. The van der Waals surface area contributed by atoms with Gasteiger partial charge in [0.05, 0.1) is 0 Å². The fourth-order valence-corrected chi connectivity index (χ4v) is 4.65. The van der Waals surface area contributed by atoms with Gasteiger partial charge in [-0.1, -0.05) is 35.3 Å². The van der Waals surface area contributed by atoms with E-state index in [-0.39, 0.29) is 5.91 Å². The van der Waals surface area contributed by atoms with E-state index in [1.807, 2.05) is 48.2 Å². The highest BCUT2D eigenvalue weighted by atomic mass is 35.5. The van der Waals surface area contributed by atoms with Gasteiger partial charge in [-0.05, 0) is 74.2 Å². The monoisotopic (exact) mass is 443 g/mol. The maximum Gasteiger partial charge on any atom is 0.270 e. The van der Waals surface area contributed by atoms with E-state index in [1.54, 1.807) is 0 Å². The molecule has 1 saturated heterocycles. The van der Waals surface area contributed by atoms with E-state index in [9.17, 15) is 4.79 Å². The summed E-state index contributed by atoms with van der Waals surface area (Å²) in [5.74, 6) is 0.536. The molecule has 0 spiro atoms. The van der Waals surface area contributed by atoms with Crippen LogP contribution in [0.25, 0.3) is 10.9 Å². The Balaban J connectivity index is 1.40. The molecule has 6 heteroatoms. The van der Waals surface area contributed by atoms with Crippen molar-refractivity contribution in [2.75, 3.05) is 26.2 Å². The third-order valence-electron chi connectivity index (χ3n) is 5.88. The molecule has 0 bridgehead atoms. The molecule has 1 aliphatic heterocycles. The van der Waals surface area contributed by atoms with Gasteiger partial charge in [0.1, 0.15) is 5.69 Å². The van der Waals surface area contributed by atoms with Crippen molar-refractivity contribution in [2.24, 2.45) is 5.92 Å². The van der Waals surface area contributed by atoms with Crippen LogP contribution in [-0.4, -0.2) is 46.9 Å². The number of hydrogen-bond donors (Lipinski definition) is 1. The number of H-pyrrole nitrogens is 1. The molecule has 1 N–H and O–H groups in total. The zero-order valence-corrected chi connectivity index (χ0v) is 18.7. The summed E-state index contributed by atoms with van der Waals surface area (Å²) in [5, 5.41) is 2.41. The average molecular weight is 444 g/mol. The Morgan fingerprint density at radius 2 is 1.90 bits per heavy atom. The number of aromatic nitrogens is 1. The maximum atomic E-state index is 13.1. The predicted octanol–water partition coefficient (Wildman–Crippen LogP) is 5.85. The second kappa shape index (κ2) is 9.42. The van der Waals surface area contributed by atoms with Crippen LogP contribution in [0.1, 0.15) is 35.8 Å². The average Bonchev–Trinajstić information content (AvgIpc) is 3.17. The summed E-state index contributed by atoms with van der Waals surface area (Å²) in [7, 11) is 0. The number of halogens is 2. The molecule has 2 heterocycles. The zero-order valence-electron chi connectivity index (χ0n) is 17.2. The van der Waals surface area contributed by atoms with Crippen LogP contribution in [0.5, 0.6) is 0 Å². The second-order valence-corrected chi connectivity index (χ2v) is 9.00. The molecular formula is C24H27Cl2N3O. The minimum absolute atomic E-state index is 0.0552. The van der Waals surface area contributed by atoms with E-state index >= 15 is 0 Å². The van der Waals surface area contributed by atoms with Crippen LogP contribution in [0.3, 0.4) is 0 Å². The van der Waals surface area contributed by atoms with Crippen LogP contribution in [0.15, 0.2) is 48.5 Å². The van der Waals surface area contributed by atoms with Gasteiger partial charge in [0.25, 0.3) is 5.91 Å². The summed E-state index contributed by atoms with van der Waals surface area (Å²) >= 11 is 12.1. The Morgan fingerprint density at radius 3 is 2.67 bits per heavy atom. The normalized spacial score (nSPS) is 17.4. The molecule has 3 aromatic rings. The van der Waals surface area contributed by atoms with Gasteiger partial charge < -0.3 is 9.88 Å². The summed E-state index contributed by atoms with van der Waals surface area (Å²) in [4.78, 5) is 20.8. The highest BCUT2D eigenvalue weighted by Crippen LogP contribution is 2.23. The van der Waals surface area contributed by atoms with Crippen molar-refractivity contribution in [3.8, 4) is 0 Å². The lowest BCUT2D eigenvalue weighted by Gasteiger charge is -2.35. The molecule has 4 nitrogen and oxygen atoms in total. The van der Waals surface area contributed by atoms with Gasteiger partial charge in [-0.3, -0.25) is 9.69 Å². The van der Waals surface area contributed by atoms with E-state index in [1.165, 1.54) is 5.56 Å². The summed E-state index contributed by atoms with van der Waals surface area (Å²) in [6.07, 6.45) is 2.32. The number of fused-ring (bicyclic) bond motifs is 1. The smallest absolute Gasteiger partial charge is 0.270 e. The summed E-state index contributed by atoms with van der Waals surface area (Å²) in [6.45, 7) is 6.56. The molecule has 30 heavy (non-hydrogen) atoms. The van der Waals surface area contributed by atoms with Gasteiger partial charge in [-0.2, -0.15) is 0 Å². The van der Waals surface area contributed by atoms with Crippen LogP contribution in [-0.2, 0) is 6.54 Å². The Labute approximate surface area is 187 Å². The number of rotatable bonds is 6. The van der Waals surface area contributed by atoms with E-state index in [2.05, 4.69) is 22.0 Å². The first-order valence-corrected chi connectivity index (χ1v) is 11.3. The van der Waals surface area contributed by atoms with E-state index < -0.39 is 0 Å². The Kier molecular flexibility index (Phi) is 6.67. The van der Waals surface area contributed by atoms with E-state index in [4.69, 9.17) is 23.2 Å². The highest BCUT2D eigenvalue weighted by Gasteiger charge is 2.25. The van der Waals surface area contributed by atoms with Crippen LogP contribution in [0.4, 0.5) is 0 Å². The minimum Gasteiger partial charge on any atom is -0.351 e. The highest BCUT2D eigenvalue weighted by molar-refractivity contribution is 6.31. The van der Waals surface area contributed by atoms with Gasteiger partial charge in [-0.15, -0.1) is 0 Å². The van der Waals surface area contributed by atoms with Crippen LogP contribution >= 0.6 is 23.2 Å². The number of piperidine rings is 1. The topological polar surface area (TPSA) is 39.3 Å². The molecule has 1 fully saturated rings. The number of hydrogen-bond acceptors (Lipinski definition) is 2. The van der Waals surface area contributed by atoms with Crippen LogP contribution in [0, 0.1) is 5.92 Å². The predicted molar refractivity (Wildman–Crippen MR) is 124 cm³/mol. The molecule has 1 aliphatic rings. The van der Waals surface area contributed by atoms with Crippen LogP contribution < -0.4 is 0 Å². The lowest BCUT2D eigenvalue weighted by molar-refractivity contribution is 0.0680. The lowest BCUT2D eigenvalue weighted by atomic mass is 9.96. The summed E-state index contributed by atoms with van der Waals surface area (Å²) in [5.41, 5.74) is 2.84. The molecular weight excluding hydrogens is 417 g/mol. The van der Waals surface area contributed by atoms with Crippen molar-refractivity contribution in [3.05, 3.63) is 69.8 Å². The molecule has 0 radical (unpaired) electrons. The van der Waals surface area contributed by atoms with Gasteiger partial charge in [0.2, 0.25) is 0 Å². The molecule has 0 aliphatic carbocycles. The Bertz CT molecular complexity index is 1010. The standard InChI is InChI=1S/C24H27Cl2N3O/c1-2-29(24(30)23-13-19-12-21(26)9-10-22(19)27-23)16-18-4-3-11-28(15-18)14-17-5-7-20(25)8-6-17/h5-10,12-13,18,27H,2-4,11,14-16H2,1H3. The van der Waals surface area contributed by atoms with Gasteiger partial charge in [-0.25, -0.2) is 0 Å².